The van der Waals surface area contributed by atoms with E-state index in [9.17, 15) is 4.91 Å². The van der Waals surface area contributed by atoms with Crippen molar-refractivity contribution in [2.24, 2.45) is 11.1 Å². The van der Waals surface area contributed by atoms with E-state index in [4.69, 9.17) is 0 Å². The zero-order valence-corrected chi connectivity index (χ0v) is 21.9. The molecule has 3 nitrogen and oxygen atoms in total. The number of nitrogens with zero attached hydrogens (tertiary/aromatic N) is 2. The van der Waals surface area contributed by atoms with Gasteiger partial charge in [0.05, 0.1) is 6.54 Å². The maximum atomic E-state index is 10.8. The molecule has 1 unspecified atom stereocenters. The summed E-state index contributed by atoms with van der Waals surface area (Å²) < 4.78 is 0. The third-order valence-corrected chi connectivity index (χ3v) is 6.03. The second-order valence-corrected chi connectivity index (χ2v) is 8.75. The van der Waals surface area contributed by atoms with Gasteiger partial charge in [-0.15, -0.1) is 5.73 Å². The number of nitroso groups, excluding NO2 is 1. The van der Waals surface area contributed by atoms with Crippen molar-refractivity contribution in [2.75, 3.05) is 19.6 Å². The fraction of sp³-hybridized carbons (Fsp3) is 0.452. The van der Waals surface area contributed by atoms with Crippen LogP contribution in [-0.4, -0.2) is 24.5 Å². The normalized spacial score (nSPS) is 18.2. The van der Waals surface area contributed by atoms with E-state index >= 15 is 0 Å². The maximum absolute atomic E-state index is 10.8. The van der Waals surface area contributed by atoms with Gasteiger partial charge in [0.25, 0.3) is 0 Å². The highest BCUT2D eigenvalue weighted by atomic mass is 16.3. The van der Waals surface area contributed by atoms with E-state index in [0.29, 0.717) is 19.0 Å². The van der Waals surface area contributed by atoms with Crippen LogP contribution in [0, 0.1) is 10.8 Å². The van der Waals surface area contributed by atoms with Crippen LogP contribution in [0.25, 0.3) is 0 Å². The van der Waals surface area contributed by atoms with Crippen LogP contribution in [-0.2, 0) is 0 Å². The summed E-state index contributed by atoms with van der Waals surface area (Å²) >= 11 is 0. The molecule has 0 aromatic rings. The lowest BCUT2D eigenvalue weighted by Gasteiger charge is -2.25. The van der Waals surface area contributed by atoms with Gasteiger partial charge in [0.15, 0.2) is 0 Å². The average Bonchev–Trinajstić information content (AvgIpc) is 2.82. The Morgan fingerprint density at radius 1 is 1.21 bits per heavy atom. The summed E-state index contributed by atoms with van der Waals surface area (Å²) in [4.78, 5) is 13.1. The molecule has 0 saturated heterocycles. The molecule has 1 atom stereocenters. The molecule has 0 N–H and O–H groups in total. The monoisotopic (exact) mass is 460 g/mol. The third-order valence-electron chi connectivity index (χ3n) is 6.03. The van der Waals surface area contributed by atoms with Gasteiger partial charge in [-0.05, 0) is 80.7 Å². The second-order valence-electron chi connectivity index (χ2n) is 8.75. The van der Waals surface area contributed by atoms with Crippen LogP contribution < -0.4 is 0 Å². The predicted molar refractivity (Wildman–Crippen MR) is 150 cm³/mol. The highest BCUT2D eigenvalue weighted by Crippen LogP contribution is 2.22. The van der Waals surface area contributed by atoms with Gasteiger partial charge in [-0.1, -0.05) is 86.7 Å². The van der Waals surface area contributed by atoms with Crippen LogP contribution in [0.3, 0.4) is 0 Å². The van der Waals surface area contributed by atoms with Gasteiger partial charge in [-0.2, -0.15) is 4.91 Å². The SMILES string of the molecule is C=C/C(=C\CC)CC(C)/C(C=C)=C/C=C(\C)CCCN(CCN=O)C1=C/CC=C=C(CC)/C=C\1. The molecule has 0 amide bonds. The van der Waals surface area contributed by atoms with E-state index in [0.717, 1.165) is 50.8 Å². The Bertz CT molecular complexity index is 888. The van der Waals surface area contributed by atoms with Crippen molar-refractivity contribution in [3.05, 3.63) is 106 Å². The molecule has 0 aliphatic heterocycles. The molecule has 34 heavy (non-hydrogen) atoms. The van der Waals surface area contributed by atoms with Crippen molar-refractivity contribution in [1.82, 2.24) is 4.90 Å². The van der Waals surface area contributed by atoms with Crippen LogP contribution in [0.1, 0.15) is 66.2 Å². The topological polar surface area (TPSA) is 32.7 Å². The van der Waals surface area contributed by atoms with E-state index in [1.54, 1.807) is 0 Å². The Hall–Kier alpha value is -2.90. The van der Waals surface area contributed by atoms with Crippen molar-refractivity contribution in [3.63, 3.8) is 0 Å². The summed E-state index contributed by atoms with van der Waals surface area (Å²) in [6, 6.07) is 0. The van der Waals surface area contributed by atoms with Crippen molar-refractivity contribution >= 4 is 0 Å². The van der Waals surface area contributed by atoms with Gasteiger partial charge >= 0.3 is 0 Å². The summed E-state index contributed by atoms with van der Waals surface area (Å²) in [5.74, 6) is 0.401. The molecular weight excluding hydrogens is 416 g/mol. The predicted octanol–water partition coefficient (Wildman–Crippen LogP) is 8.78. The van der Waals surface area contributed by atoms with Crippen LogP contribution in [0.5, 0.6) is 0 Å². The minimum absolute atomic E-state index is 0.300. The highest BCUT2D eigenvalue weighted by molar-refractivity contribution is 5.30. The molecule has 0 bridgehead atoms. The number of hydrogen-bond acceptors (Lipinski definition) is 3. The second kappa shape index (κ2) is 17.6. The molecule has 3 heteroatoms. The van der Waals surface area contributed by atoms with Crippen molar-refractivity contribution < 1.29 is 0 Å². The van der Waals surface area contributed by atoms with Crippen LogP contribution in [0.4, 0.5) is 0 Å². The van der Waals surface area contributed by atoms with E-state index in [-0.39, 0.29) is 0 Å². The molecule has 1 aliphatic rings. The van der Waals surface area contributed by atoms with E-state index in [1.807, 2.05) is 12.2 Å². The first kappa shape index (κ1) is 29.1. The van der Waals surface area contributed by atoms with Gasteiger partial charge in [0.2, 0.25) is 0 Å². The molecule has 0 heterocycles. The molecule has 184 valence electrons. The van der Waals surface area contributed by atoms with Crippen LogP contribution >= 0.6 is 0 Å². The zero-order valence-electron chi connectivity index (χ0n) is 21.9. The largest absolute Gasteiger partial charge is 0.370 e. The van der Waals surface area contributed by atoms with Crippen molar-refractivity contribution in [3.8, 4) is 0 Å². The zero-order chi connectivity index (χ0) is 25.2. The smallest absolute Gasteiger partial charge is 0.0986 e. The minimum atomic E-state index is 0.300. The fourth-order valence-electron chi connectivity index (χ4n) is 3.95. The lowest BCUT2D eigenvalue weighted by molar-refractivity contribution is 0.356. The molecule has 0 spiro atoms. The van der Waals surface area contributed by atoms with Crippen molar-refractivity contribution in [1.29, 1.82) is 0 Å². The first-order valence-corrected chi connectivity index (χ1v) is 12.7. The highest BCUT2D eigenvalue weighted by Gasteiger charge is 2.09. The van der Waals surface area contributed by atoms with Gasteiger partial charge in [-0.3, -0.25) is 0 Å². The first-order valence-electron chi connectivity index (χ1n) is 12.7. The molecular formula is C31H44N2O. The van der Waals surface area contributed by atoms with Crippen LogP contribution in [0.2, 0.25) is 0 Å². The Balaban J connectivity index is 2.77. The number of allylic oxidation sites excluding steroid dienone is 12. The Morgan fingerprint density at radius 3 is 2.65 bits per heavy atom. The Kier molecular flexibility index (Phi) is 15.0. The molecule has 0 radical (unpaired) electrons. The quantitative estimate of drug-likeness (QED) is 0.131. The average molecular weight is 461 g/mol. The number of hydrogen-bond donors (Lipinski definition) is 0. The summed E-state index contributed by atoms with van der Waals surface area (Å²) in [7, 11) is 0. The van der Waals surface area contributed by atoms with Gasteiger partial charge in [0, 0.05) is 18.8 Å². The van der Waals surface area contributed by atoms with E-state index in [1.165, 1.54) is 22.3 Å². The summed E-state index contributed by atoms with van der Waals surface area (Å²) in [6.45, 7) is 18.5. The Labute approximate surface area is 208 Å². The van der Waals surface area contributed by atoms with Crippen molar-refractivity contribution in [2.45, 2.75) is 66.2 Å². The van der Waals surface area contributed by atoms with Crippen LogP contribution in [0.15, 0.2) is 107 Å². The lowest BCUT2D eigenvalue weighted by Crippen LogP contribution is -2.26. The molecule has 0 aromatic heterocycles. The van der Waals surface area contributed by atoms with Gasteiger partial charge in [-0.25, -0.2) is 0 Å². The molecule has 0 saturated carbocycles. The van der Waals surface area contributed by atoms with E-state index < -0.39 is 0 Å². The summed E-state index contributed by atoms with van der Waals surface area (Å²) in [5.41, 5.74) is 9.58. The molecule has 1 aliphatic carbocycles. The molecule has 0 fully saturated rings. The summed E-state index contributed by atoms with van der Waals surface area (Å²) in [5, 5.41) is 3.09. The van der Waals surface area contributed by atoms with E-state index in [2.05, 4.69) is 99.2 Å². The third kappa shape index (κ3) is 11.3. The van der Waals surface area contributed by atoms with Gasteiger partial charge < -0.3 is 4.90 Å². The molecule has 1 rings (SSSR count). The summed E-state index contributed by atoms with van der Waals surface area (Å²) in [6.07, 6.45) is 25.0. The lowest BCUT2D eigenvalue weighted by atomic mass is 9.92. The fourth-order valence-corrected chi connectivity index (χ4v) is 3.95. The Morgan fingerprint density at radius 2 is 2.00 bits per heavy atom. The maximum Gasteiger partial charge on any atom is 0.0986 e. The number of rotatable bonds is 16. The van der Waals surface area contributed by atoms with Gasteiger partial charge in [0.1, 0.15) is 0 Å². The first-order chi connectivity index (χ1) is 16.5. The minimum Gasteiger partial charge on any atom is -0.370 e. The molecule has 0 aromatic carbocycles. The standard InChI is InChI=1S/C31H44N2O/c1-7-14-29(9-3)25-27(6)30(10-4)20-18-26(5)15-13-23-33(24-22-32-34)31-17-12-11-16-28(8-2)19-21-31/h9-11,14,17-21,27H,3-4,7-8,12-13,15,22-25H2,1-2,5-6H3/b21-19-,26-18+,29-14+,30-20+,31-17+.